The minimum absolute atomic E-state index is 0. The molecule has 0 bridgehead atoms. The van der Waals surface area contributed by atoms with E-state index in [9.17, 15) is 22.0 Å². The van der Waals surface area contributed by atoms with E-state index in [0.29, 0.717) is 5.69 Å². The standard InChI is InChI=1S/C16H19F2N5O3S.ClH/c1-10-14(21-22-23(10)12-5-7-19-8-6-12)15(24)20-11-3-2-4-13(9-11)27(25,26)16(17)18;/h2-4,9,12,16,19H,5-8H2,1H3,(H,20,24);1H. The molecule has 0 atom stereocenters. The second-order valence-corrected chi connectivity index (χ2v) is 8.15. The molecule has 8 nitrogen and oxygen atoms in total. The normalized spacial score (nSPS) is 15.3. The van der Waals surface area contributed by atoms with Crippen molar-refractivity contribution < 1.29 is 22.0 Å². The Morgan fingerprint density at radius 3 is 2.64 bits per heavy atom. The van der Waals surface area contributed by atoms with Gasteiger partial charge in [-0.15, -0.1) is 17.5 Å². The molecule has 1 fully saturated rings. The van der Waals surface area contributed by atoms with Crippen LogP contribution in [-0.4, -0.2) is 48.2 Å². The smallest absolute Gasteiger partial charge is 0.320 e. The van der Waals surface area contributed by atoms with Crippen molar-refractivity contribution in [2.45, 2.75) is 36.5 Å². The molecule has 1 aromatic heterocycles. The van der Waals surface area contributed by atoms with Crippen LogP contribution in [0.3, 0.4) is 0 Å². The van der Waals surface area contributed by atoms with E-state index in [1.54, 1.807) is 11.6 Å². The van der Waals surface area contributed by atoms with Crippen molar-refractivity contribution in [1.82, 2.24) is 20.3 Å². The highest BCUT2D eigenvalue weighted by Gasteiger charge is 2.27. The summed E-state index contributed by atoms with van der Waals surface area (Å²) < 4.78 is 50.3. The average Bonchev–Trinajstić information content (AvgIpc) is 3.04. The van der Waals surface area contributed by atoms with Crippen LogP contribution in [-0.2, 0) is 9.84 Å². The molecule has 1 aliphatic rings. The number of carbonyl (C=O) groups is 1. The van der Waals surface area contributed by atoms with E-state index in [4.69, 9.17) is 0 Å². The summed E-state index contributed by atoms with van der Waals surface area (Å²) in [5.74, 6) is -4.12. The van der Waals surface area contributed by atoms with Crippen LogP contribution >= 0.6 is 12.4 Å². The number of rotatable bonds is 5. The van der Waals surface area contributed by atoms with Gasteiger partial charge in [0.2, 0.25) is 9.84 Å². The molecule has 0 saturated carbocycles. The van der Waals surface area contributed by atoms with Crippen molar-refractivity contribution >= 4 is 33.8 Å². The number of anilines is 1. The van der Waals surface area contributed by atoms with E-state index in [1.165, 1.54) is 12.1 Å². The lowest BCUT2D eigenvalue weighted by Gasteiger charge is -2.23. The van der Waals surface area contributed by atoms with Crippen molar-refractivity contribution in [3.05, 3.63) is 35.7 Å². The summed E-state index contributed by atoms with van der Waals surface area (Å²) in [7, 11) is -4.74. The van der Waals surface area contributed by atoms with Gasteiger partial charge in [-0.05, 0) is 51.1 Å². The number of benzene rings is 1. The van der Waals surface area contributed by atoms with Crippen molar-refractivity contribution in [3.8, 4) is 0 Å². The van der Waals surface area contributed by atoms with Crippen molar-refractivity contribution in [2.75, 3.05) is 18.4 Å². The van der Waals surface area contributed by atoms with E-state index in [-0.39, 0.29) is 29.8 Å². The molecular weight excluding hydrogens is 416 g/mol. The van der Waals surface area contributed by atoms with E-state index < -0.39 is 26.4 Å². The first kappa shape index (κ1) is 22.2. The van der Waals surface area contributed by atoms with E-state index >= 15 is 0 Å². The summed E-state index contributed by atoms with van der Waals surface area (Å²) in [5, 5.41) is 13.7. The number of hydrogen-bond donors (Lipinski definition) is 2. The Balaban J connectivity index is 0.00000280. The first-order valence-corrected chi connectivity index (χ1v) is 9.91. The first-order chi connectivity index (χ1) is 12.8. The maximum Gasteiger partial charge on any atom is 0.341 e. The lowest BCUT2D eigenvalue weighted by Crippen LogP contribution is -2.30. The van der Waals surface area contributed by atoms with Crippen LogP contribution in [0.5, 0.6) is 0 Å². The van der Waals surface area contributed by atoms with Gasteiger partial charge in [-0.1, -0.05) is 11.3 Å². The molecule has 1 saturated heterocycles. The predicted molar refractivity (Wildman–Crippen MR) is 101 cm³/mol. The molecule has 12 heteroatoms. The Morgan fingerprint density at radius 1 is 1.32 bits per heavy atom. The fourth-order valence-corrected chi connectivity index (χ4v) is 3.76. The molecule has 1 amide bonds. The molecular formula is C16H20ClF2N5O3S. The Hall–Kier alpha value is -2.11. The van der Waals surface area contributed by atoms with Crippen LogP contribution in [0.1, 0.15) is 35.1 Å². The highest BCUT2D eigenvalue weighted by Crippen LogP contribution is 2.23. The molecule has 3 rings (SSSR count). The lowest BCUT2D eigenvalue weighted by atomic mass is 10.1. The maximum absolute atomic E-state index is 12.7. The van der Waals surface area contributed by atoms with Gasteiger partial charge in [0, 0.05) is 5.69 Å². The highest BCUT2D eigenvalue weighted by atomic mass is 35.5. The molecule has 2 aromatic rings. The number of hydrogen-bond acceptors (Lipinski definition) is 6. The molecule has 1 aliphatic heterocycles. The Kier molecular flexibility index (Phi) is 7.07. The number of nitrogens with one attached hydrogen (secondary N) is 2. The number of alkyl halides is 2. The summed E-state index contributed by atoms with van der Waals surface area (Å²) in [6, 6.07) is 4.89. The number of halogens is 3. The number of amides is 1. The average molecular weight is 436 g/mol. The number of piperidine rings is 1. The molecule has 2 heterocycles. The van der Waals surface area contributed by atoms with Gasteiger partial charge in [-0.3, -0.25) is 4.79 Å². The van der Waals surface area contributed by atoms with Crippen molar-refractivity contribution in [1.29, 1.82) is 0 Å². The second-order valence-electron chi connectivity index (χ2n) is 6.24. The van der Waals surface area contributed by atoms with Gasteiger partial charge in [-0.2, -0.15) is 8.78 Å². The van der Waals surface area contributed by atoms with Gasteiger partial charge < -0.3 is 10.6 Å². The zero-order valence-corrected chi connectivity index (χ0v) is 16.6. The topological polar surface area (TPSA) is 106 Å². The minimum atomic E-state index is -4.74. The van der Waals surface area contributed by atoms with Gasteiger partial charge in [0.1, 0.15) is 0 Å². The second kappa shape index (κ2) is 8.93. The first-order valence-electron chi connectivity index (χ1n) is 8.36. The van der Waals surface area contributed by atoms with Crippen LogP contribution in [0.4, 0.5) is 14.5 Å². The van der Waals surface area contributed by atoms with Crippen molar-refractivity contribution in [2.24, 2.45) is 0 Å². The Morgan fingerprint density at radius 2 is 2.00 bits per heavy atom. The lowest BCUT2D eigenvalue weighted by molar-refractivity contribution is 0.102. The highest BCUT2D eigenvalue weighted by molar-refractivity contribution is 7.91. The van der Waals surface area contributed by atoms with Crippen LogP contribution in [0.25, 0.3) is 0 Å². The molecule has 0 radical (unpaired) electrons. The third-order valence-corrected chi connectivity index (χ3v) is 5.83. The summed E-state index contributed by atoms with van der Waals surface area (Å²) >= 11 is 0. The summed E-state index contributed by atoms with van der Waals surface area (Å²) in [4.78, 5) is 11.9. The third kappa shape index (κ3) is 4.47. The molecule has 1 aromatic carbocycles. The van der Waals surface area contributed by atoms with Gasteiger partial charge in [0.25, 0.3) is 5.91 Å². The van der Waals surface area contributed by atoms with Crippen LogP contribution < -0.4 is 10.6 Å². The monoisotopic (exact) mass is 435 g/mol. The number of nitrogens with zero attached hydrogens (tertiary/aromatic N) is 3. The molecule has 154 valence electrons. The van der Waals surface area contributed by atoms with Gasteiger partial charge >= 0.3 is 5.76 Å². The van der Waals surface area contributed by atoms with E-state index in [2.05, 4.69) is 20.9 Å². The number of carbonyl (C=O) groups excluding carboxylic acids is 1. The van der Waals surface area contributed by atoms with Crippen molar-refractivity contribution in [3.63, 3.8) is 0 Å². The molecule has 28 heavy (non-hydrogen) atoms. The Labute approximate surface area is 167 Å². The number of aromatic nitrogens is 3. The fraction of sp³-hybridized carbons (Fsp3) is 0.438. The van der Waals surface area contributed by atoms with Crippen LogP contribution in [0, 0.1) is 6.92 Å². The quantitative estimate of drug-likeness (QED) is 0.745. The molecule has 2 N–H and O–H groups in total. The van der Waals surface area contributed by atoms with Crippen LogP contribution in [0.2, 0.25) is 0 Å². The van der Waals surface area contributed by atoms with Crippen LogP contribution in [0.15, 0.2) is 29.2 Å². The molecule has 0 spiro atoms. The van der Waals surface area contributed by atoms with Gasteiger partial charge in [0.15, 0.2) is 5.69 Å². The van der Waals surface area contributed by atoms with E-state index in [1.807, 2.05) is 0 Å². The fourth-order valence-electron chi connectivity index (χ4n) is 2.99. The zero-order valence-electron chi connectivity index (χ0n) is 14.9. The van der Waals surface area contributed by atoms with E-state index in [0.717, 1.165) is 38.1 Å². The summed E-state index contributed by atoms with van der Waals surface area (Å²) in [5.41, 5.74) is 0.781. The molecule has 0 unspecified atom stereocenters. The Bertz CT molecular complexity index is 946. The summed E-state index contributed by atoms with van der Waals surface area (Å²) in [6.07, 6.45) is 1.75. The minimum Gasteiger partial charge on any atom is -0.320 e. The predicted octanol–water partition coefficient (Wildman–Crippen LogP) is 2.18. The molecule has 0 aliphatic carbocycles. The zero-order chi connectivity index (χ0) is 19.6. The third-order valence-electron chi connectivity index (χ3n) is 4.45. The van der Waals surface area contributed by atoms with Gasteiger partial charge in [0.05, 0.1) is 16.6 Å². The number of sulfone groups is 1. The largest absolute Gasteiger partial charge is 0.341 e. The summed E-state index contributed by atoms with van der Waals surface area (Å²) in [6.45, 7) is 3.45. The maximum atomic E-state index is 12.7. The van der Waals surface area contributed by atoms with Gasteiger partial charge in [-0.25, -0.2) is 13.1 Å². The SMILES string of the molecule is Cc1c(C(=O)Nc2cccc(S(=O)(=O)C(F)F)c2)nnn1C1CCNCC1.Cl.